The van der Waals surface area contributed by atoms with E-state index in [1.165, 1.54) is 16.2 Å². The van der Waals surface area contributed by atoms with Crippen molar-refractivity contribution in [3.63, 3.8) is 0 Å². The molecule has 0 aliphatic carbocycles. The lowest BCUT2D eigenvalue weighted by Crippen LogP contribution is -2.36. The van der Waals surface area contributed by atoms with Crippen molar-refractivity contribution in [2.45, 2.75) is 38.7 Å². The first kappa shape index (κ1) is 21.6. The number of piperidine rings is 1. The zero-order valence-electron chi connectivity index (χ0n) is 18.0. The lowest BCUT2D eigenvalue weighted by Gasteiger charge is -2.32. The Hall–Kier alpha value is -2.23. The van der Waals surface area contributed by atoms with Gasteiger partial charge in [0.1, 0.15) is 15.8 Å². The van der Waals surface area contributed by atoms with Gasteiger partial charge in [0.2, 0.25) is 0 Å². The van der Waals surface area contributed by atoms with E-state index < -0.39 is 0 Å². The number of hydrogen-bond donors (Lipinski definition) is 0. The van der Waals surface area contributed by atoms with Crippen molar-refractivity contribution in [1.29, 1.82) is 0 Å². The number of fused-ring (bicyclic) bond motifs is 1. The highest BCUT2D eigenvalue weighted by Crippen LogP contribution is 2.35. The van der Waals surface area contributed by atoms with Gasteiger partial charge in [-0.15, -0.1) is 0 Å². The van der Waals surface area contributed by atoms with Crippen LogP contribution in [0.4, 0.5) is 5.82 Å². The van der Waals surface area contributed by atoms with Gasteiger partial charge in [-0.3, -0.25) is 18.9 Å². The lowest BCUT2D eigenvalue weighted by atomic mass is 9.99. The van der Waals surface area contributed by atoms with Crippen LogP contribution in [0.2, 0.25) is 0 Å². The molecule has 9 heteroatoms. The molecule has 3 aliphatic heterocycles. The summed E-state index contributed by atoms with van der Waals surface area (Å²) in [6.45, 7) is 5.13. The first-order valence-electron chi connectivity index (χ1n) is 11.1. The first-order chi connectivity index (χ1) is 15.5. The van der Waals surface area contributed by atoms with Crippen molar-refractivity contribution >= 4 is 51.7 Å². The molecule has 7 nitrogen and oxygen atoms in total. The maximum absolute atomic E-state index is 13.5. The number of amides is 1. The predicted octanol–water partition coefficient (Wildman–Crippen LogP) is 3.31. The van der Waals surface area contributed by atoms with Crippen molar-refractivity contribution in [3.8, 4) is 0 Å². The summed E-state index contributed by atoms with van der Waals surface area (Å²) in [6.07, 6.45) is 7.48. The molecule has 3 saturated heterocycles. The van der Waals surface area contributed by atoms with Crippen LogP contribution >= 0.6 is 24.0 Å². The van der Waals surface area contributed by atoms with Crippen LogP contribution in [0.5, 0.6) is 0 Å². The van der Waals surface area contributed by atoms with Crippen LogP contribution in [0.25, 0.3) is 11.7 Å². The van der Waals surface area contributed by atoms with Crippen molar-refractivity contribution < 1.29 is 9.53 Å². The Kier molecular flexibility index (Phi) is 6.05. The number of ether oxygens (including phenoxy) is 1. The van der Waals surface area contributed by atoms with E-state index in [1.807, 2.05) is 18.2 Å². The molecule has 5 rings (SSSR count). The SMILES string of the molecule is CC1CCN(c2nc3ccccn3c(=O)c2/C=C2\SC(=S)N(C[C@H]3CCCO3)C2=O)CC1. The van der Waals surface area contributed by atoms with Crippen LogP contribution in [0.1, 0.15) is 38.2 Å². The minimum atomic E-state index is -0.173. The zero-order valence-corrected chi connectivity index (χ0v) is 19.7. The smallest absolute Gasteiger partial charge is 0.267 e. The van der Waals surface area contributed by atoms with Crippen LogP contribution in [-0.2, 0) is 9.53 Å². The van der Waals surface area contributed by atoms with Gasteiger partial charge in [0.15, 0.2) is 0 Å². The summed E-state index contributed by atoms with van der Waals surface area (Å²) in [5, 5.41) is 0. The van der Waals surface area contributed by atoms with E-state index in [-0.39, 0.29) is 17.6 Å². The molecule has 0 spiro atoms. The Morgan fingerprint density at radius 2 is 2.06 bits per heavy atom. The third kappa shape index (κ3) is 4.09. The maximum Gasteiger partial charge on any atom is 0.267 e. The second kappa shape index (κ2) is 8.96. The number of rotatable bonds is 4. The topological polar surface area (TPSA) is 67.2 Å². The van der Waals surface area contributed by atoms with E-state index in [1.54, 1.807) is 17.2 Å². The fraction of sp³-hybridized carbons (Fsp3) is 0.478. The monoisotopic (exact) mass is 470 g/mol. The highest BCUT2D eigenvalue weighted by molar-refractivity contribution is 8.26. The molecule has 0 aromatic carbocycles. The lowest BCUT2D eigenvalue weighted by molar-refractivity contribution is -0.123. The third-order valence-corrected chi connectivity index (χ3v) is 7.77. The van der Waals surface area contributed by atoms with Crippen LogP contribution < -0.4 is 10.5 Å². The molecule has 32 heavy (non-hydrogen) atoms. The van der Waals surface area contributed by atoms with E-state index in [4.69, 9.17) is 21.9 Å². The van der Waals surface area contributed by atoms with Gasteiger partial charge in [-0.25, -0.2) is 4.98 Å². The molecule has 1 atom stereocenters. The minimum absolute atomic E-state index is 0.0238. The zero-order chi connectivity index (χ0) is 22.2. The summed E-state index contributed by atoms with van der Waals surface area (Å²) in [7, 11) is 0. The summed E-state index contributed by atoms with van der Waals surface area (Å²) in [5.74, 6) is 1.15. The van der Waals surface area contributed by atoms with Crippen molar-refractivity contribution in [3.05, 3.63) is 45.2 Å². The Balaban J connectivity index is 1.54. The minimum Gasteiger partial charge on any atom is -0.376 e. The van der Waals surface area contributed by atoms with E-state index in [2.05, 4.69) is 11.8 Å². The van der Waals surface area contributed by atoms with E-state index in [9.17, 15) is 9.59 Å². The van der Waals surface area contributed by atoms with Crippen molar-refractivity contribution in [2.24, 2.45) is 5.92 Å². The first-order valence-corrected chi connectivity index (χ1v) is 12.4. The number of hydrogen-bond acceptors (Lipinski definition) is 7. The molecule has 5 heterocycles. The molecule has 168 valence electrons. The molecule has 0 saturated carbocycles. The van der Waals surface area contributed by atoms with Gasteiger partial charge in [0.05, 0.1) is 23.1 Å². The van der Waals surface area contributed by atoms with Crippen LogP contribution in [0, 0.1) is 5.92 Å². The average molecular weight is 471 g/mol. The summed E-state index contributed by atoms with van der Waals surface area (Å²) in [4.78, 5) is 35.7. The summed E-state index contributed by atoms with van der Waals surface area (Å²) >= 11 is 6.74. The van der Waals surface area contributed by atoms with Gasteiger partial charge in [-0.2, -0.15) is 0 Å². The van der Waals surface area contributed by atoms with E-state index >= 15 is 0 Å². The van der Waals surface area contributed by atoms with Gasteiger partial charge >= 0.3 is 0 Å². The van der Waals surface area contributed by atoms with Crippen molar-refractivity contribution in [2.75, 3.05) is 31.1 Å². The molecular weight excluding hydrogens is 444 g/mol. The second-order valence-corrected chi connectivity index (χ2v) is 10.4. The number of aromatic nitrogens is 2. The van der Waals surface area contributed by atoms with Crippen LogP contribution in [0.3, 0.4) is 0 Å². The molecule has 2 aromatic heterocycles. The highest BCUT2D eigenvalue weighted by Gasteiger charge is 2.35. The predicted molar refractivity (Wildman–Crippen MR) is 131 cm³/mol. The average Bonchev–Trinajstić information content (AvgIpc) is 3.40. The number of carbonyl (C=O) groups excluding carboxylic acids is 1. The largest absolute Gasteiger partial charge is 0.376 e. The number of thioether (sulfide) groups is 1. The van der Waals surface area contributed by atoms with Gasteiger partial charge in [0, 0.05) is 25.9 Å². The Labute approximate surface area is 196 Å². The number of carbonyl (C=O) groups is 1. The molecule has 2 aromatic rings. The molecule has 0 N–H and O–H groups in total. The fourth-order valence-corrected chi connectivity index (χ4v) is 5.72. The molecular formula is C23H26N4O3S2. The highest BCUT2D eigenvalue weighted by atomic mass is 32.2. The van der Waals surface area contributed by atoms with Gasteiger partial charge in [-0.1, -0.05) is 37.0 Å². The quantitative estimate of drug-likeness (QED) is 0.502. The Bertz CT molecular complexity index is 1150. The summed E-state index contributed by atoms with van der Waals surface area (Å²) < 4.78 is 7.74. The van der Waals surface area contributed by atoms with Crippen molar-refractivity contribution in [1.82, 2.24) is 14.3 Å². The van der Waals surface area contributed by atoms with E-state index in [0.29, 0.717) is 38.7 Å². The molecule has 3 aliphatic rings. The van der Waals surface area contributed by atoms with Gasteiger partial charge < -0.3 is 9.64 Å². The molecule has 0 bridgehead atoms. The number of pyridine rings is 1. The standard InChI is InChI=1S/C23H26N4O3S2/c1-15-7-10-25(11-8-15)20-17(21(28)26-9-3-2-6-19(26)24-20)13-18-22(29)27(23(31)32-18)14-16-5-4-12-30-16/h2-3,6,9,13,15-16H,4-5,7-8,10-12,14H2,1H3/b18-13-/t16-/m1/s1. The third-order valence-electron chi connectivity index (χ3n) is 6.39. The Morgan fingerprint density at radius 3 is 2.81 bits per heavy atom. The number of nitrogens with zero attached hydrogens (tertiary/aromatic N) is 4. The van der Waals surface area contributed by atoms with E-state index in [0.717, 1.165) is 45.4 Å². The van der Waals surface area contributed by atoms with Gasteiger partial charge in [0.25, 0.3) is 11.5 Å². The maximum atomic E-state index is 13.5. The molecule has 1 amide bonds. The summed E-state index contributed by atoms with van der Waals surface area (Å²) in [6, 6.07) is 5.52. The number of thiocarbonyl (C=S) groups is 1. The Morgan fingerprint density at radius 1 is 1.25 bits per heavy atom. The molecule has 0 unspecified atom stereocenters. The second-order valence-electron chi connectivity index (χ2n) is 8.68. The normalized spacial score (nSPS) is 23.8. The fourth-order valence-electron chi connectivity index (χ4n) is 4.46. The van der Waals surface area contributed by atoms with Gasteiger partial charge in [-0.05, 0) is 49.8 Å². The number of anilines is 1. The summed E-state index contributed by atoms with van der Waals surface area (Å²) in [5.41, 5.74) is 0.878. The van der Waals surface area contributed by atoms with Crippen LogP contribution in [-0.4, -0.2) is 56.9 Å². The molecule has 0 radical (unpaired) electrons. The molecule has 3 fully saturated rings. The van der Waals surface area contributed by atoms with Crippen LogP contribution in [0.15, 0.2) is 34.1 Å².